The lowest BCUT2D eigenvalue weighted by atomic mass is 10.6. The van der Waals surface area contributed by atoms with Gasteiger partial charge in [0.2, 0.25) is 0 Å². The van der Waals surface area contributed by atoms with Crippen LogP contribution in [0.3, 0.4) is 0 Å². The predicted octanol–water partition coefficient (Wildman–Crippen LogP) is 4.35. The molecule has 0 N–H and O–H groups in total. The summed E-state index contributed by atoms with van der Waals surface area (Å²) in [5.41, 5.74) is 0. The van der Waals surface area contributed by atoms with Crippen LogP contribution in [-0.4, -0.2) is 6.66 Å². The van der Waals surface area contributed by atoms with Crippen molar-refractivity contribution >= 4 is 9.24 Å². The second kappa shape index (κ2) is 113. The third kappa shape index (κ3) is 2520. The Balaban J connectivity index is -0.0000000246. The average molecular weight is 166 g/mol. The minimum atomic E-state index is 1.25. The summed E-state index contributed by atoms with van der Waals surface area (Å²) in [7, 11) is 2.42. The molecule has 0 spiro atoms. The molecule has 0 bridgehead atoms. The van der Waals surface area contributed by atoms with Crippen LogP contribution in [0.1, 0.15) is 54.4 Å². The van der Waals surface area contributed by atoms with Gasteiger partial charge in [-0.05, 0) is 0 Å². The van der Waals surface area contributed by atoms with E-state index in [0.29, 0.717) is 0 Å². The lowest BCUT2D eigenvalue weighted by Crippen LogP contribution is -1.27. The van der Waals surface area contributed by atoms with Crippen molar-refractivity contribution in [2.75, 3.05) is 6.66 Å². The largest absolute Gasteiger partial charge is 0.141 e. The Labute approximate surface area is 71.0 Å². The molecule has 0 aromatic carbocycles. The quantitative estimate of drug-likeness (QED) is 0.469. The van der Waals surface area contributed by atoms with Gasteiger partial charge in [0.15, 0.2) is 0 Å². The first kappa shape index (κ1) is 22.4. The van der Waals surface area contributed by atoms with Gasteiger partial charge in [-0.3, -0.25) is 0 Å². The highest BCUT2D eigenvalue weighted by Gasteiger charge is 1.36. The molecule has 0 radical (unpaired) electrons. The number of hydrogen-bond donors (Lipinski definition) is 0. The Morgan fingerprint density at radius 3 is 0.700 bits per heavy atom. The predicted molar refractivity (Wildman–Crippen MR) is 58.9 cm³/mol. The van der Waals surface area contributed by atoms with Gasteiger partial charge in [-0.15, -0.1) is 9.24 Å². The summed E-state index contributed by atoms with van der Waals surface area (Å²) in [5, 5.41) is 0. The maximum absolute atomic E-state index is 2.42. The molecule has 10 heavy (non-hydrogen) atoms. The highest BCUT2D eigenvalue weighted by Crippen LogP contribution is 1.56. The van der Waals surface area contributed by atoms with Gasteiger partial charge >= 0.3 is 0 Å². The second-order valence-electron chi connectivity index (χ2n) is 1.41. The summed E-state index contributed by atoms with van der Waals surface area (Å²) in [4.78, 5) is 0. The van der Waals surface area contributed by atoms with Crippen molar-refractivity contribution in [2.24, 2.45) is 0 Å². The van der Waals surface area contributed by atoms with Crippen molar-refractivity contribution in [3.05, 3.63) is 0 Å². The highest BCUT2D eigenvalue weighted by atomic mass is 31.0. The molecule has 0 saturated heterocycles. The van der Waals surface area contributed by atoms with E-state index in [1.807, 2.05) is 20.5 Å². The fraction of sp³-hybridized carbons (Fsp3) is 1.00. The first-order valence-electron chi connectivity index (χ1n) is 4.41. The summed E-state index contributed by atoms with van der Waals surface area (Å²) >= 11 is 0. The molecule has 0 saturated carbocycles. The molecule has 0 aliphatic heterocycles. The van der Waals surface area contributed by atoms with Crippen molar-refractivity contribution in [2.45, 2.75) is 54.4 Å². The van der Waals surface area contributed by atoms with Crippen LogP contribution in [-0.2, 0) is 0 Å². The fourth-order valence-corrected chi connectivity index (χ4v) is 0. The Morgan fingerprint density at radius 1 is 0.700 bits per heavy atom. The first-order chi connectivity index (χ1) is 4.83. The molecule has 0 aromatic heterocycles. The monoisotopic (exact) mass is 166 g/mol. The molecular weight excluding hydrogens is 139 g/mol. The van der Waals surface area contributed by atoms with E-state index in [0.717, 1.165) is 0 Å². The molecule has 0 heterocycles. The fourth-order valence-electron chi connectivity index (χ4n) is 0. The molecule has 68 valence electrons. The lowest BCUT2D eigenvalue weighted by molar-refractivity contribution is 1.09. The number of rotatable bonds is 0. The third-order valence-corrected chi connectivity index (χ3v) is 0. The van der Waals surface area contributed by atoms with Gasteiger partial charge in [-0.25, -0.2) is 0 Å². The van der Waals surface area contributed by atoms with Crippen molar-refractivity contribution in [1.29, 1.82) is 0 Å². The van der Waals surface area contributed by atoms with E-state index in [1.54, 1.807) is 0 Å². The molecule has 0 aromatic rings. The SMILES string of the molecule is CC.CCC.CCC.CP. The molecule has 1 heteroatoms. The van der Waals surface area contributed by atoms with Crippen LogP contribution in [0, 0.1) is 0 Å². The van der Waals surface area contributed by atoms with E-state index >= 15 is 0 Å². The van der Waals surface area contributed by atoms with Crippen LogP contribution in [0.4, 0.5) is 0 Å². The zero-order valence-electron chi connectivity index (χ0n) is 8.99. The summed E-state index contributed by atoms with van der Waals surface area (Å²) in [6.07, 6.45) is 2.50. The lowest BCUT2D eigenvalue weighted by Gasteiger charge is -1.48. The summed E-state index contributed by atoms with van der Waals surface area (Å²) in [6.45, 7) is 14.4. The van der Waals surface area contributed by atoms with E-state index in [2.05, 4.69) is 36.9 Å². The molecule has 0 aliphatic carbocycles. The molecule has 0 aliphatic rings. The molecule has 0 amide bonds. The molecular formula is C9H27P. The summed E-state index contributed by atoms with van der Waals surface area (Å²) < 4.78 is 0. The van der Waals surface area contributed by atoms with Crippen LogP contribution >= 0.6 is 9.24 Å². The van der Waals surface area contributed by atoms with E-state index in [1.165, 1.54) is 12.8 Å². The topological polar surface area (TPSA) is 0 Å². The third-order valence-electron chi connectivity index (χ3n) is 0. The molecule has 1 atom stereocenters. The summed E-state index contributed by atoms with van der Waals surface area (Å²) in [6, 6.07) is 0. The van der Waals surface area contributed by atoms with Crippen molar-refractivity contribution in [3.8, 4) is 0 Å². The van der Waals surface area contributed by atoms with E-state index < -0.39 is 0 Å². The van der Waals surface area contributed by atoms with Gasteiger partial charge in [0.25, 0.3) is 0 Å². The van der Waals surface area contributed by atoms with Crippen LogP contribution in [0.5, 0.6) is 0 Å². The molecule has 0 nitrogen and oxygen atoms in total. The van der Waals surface area contributed by atoms with Gasteiger partial charge in [-0.2, -0.15) is 0 Å². The maximum Gasteiger partial charge on any atom is -0.0500 e. The van der Waals surface area contributed by atoms with Crippen LogP contribution < -0.4 is 0 Å². The Morgan fingerprint density at radius 2 is 0.700 bits per heavy atom. The van der Waals surface area contributed by atoms with Crippen LogP contribution in [0.25, 0.3) is 0 Å². The average Bonchev–Trinajstić information content (AvgIpc) is 1.99. The van der Waals surface area contributed by atoms with Gasteiger partial charge in [0, 0.05) is 0 Å². The highest BCUT2D eigenvalue weighted by molar-refractivity contribution is 7.15. The smallest absolute Gasteiger partial charge is 0.0500 e. The first-order valence-corrected chi connectivity index (χ1v) is 5.56. The Kier molecular flexibility index (Phi) is 255. The van der Waals surface area contributed by atoms with Crippen molar-refractivity contribution in [3.63, 3.8) is 0 Å². The maximum atomic E-state index is 2.42. The minimum absolute atomic E-state index is 1.25. The van der Waals surface area contributed by atoms with Gasteiger partial charge < -0.3 is 0 Å². The van der Waals surface area contributed by atoms with Crippen molar-refractivity contribution in [1.82, 2.24) is 0 Å². The van der Waals surface area contributed by atoms with E-state index in [-0.39, 0.29) is 0 Å². The van der Waals surface area contributed by atoms with Gasteiger partial charge in [0.1, 0.15) is 0 Å². The van der Waals surface area contributed by atoms with Crippen LogP contribution in [0.2, 0.25) is 0 Å². The zero-order chi connectivity index (χ0) is 9.41. The Hall–Kier alpha value is 0.430. The van der Waals surface area contributed by atoms with E-state index in [9.17, 15) is 0 Å². The standard InChI is InChI=1S/2C3H8.C2H6.CH5P/c2*1-3-2;2*1-2/h2*3H2,1-2H3;1-2H3;2H2,1H3. The minimum Gasteiger partial charge on any atom is -0.141 e. The number of hydrogen-bond acceptors (Lipinski definition) is 0. The van der Waals surface area contributed by atoms with Gasteiger partial charge in [-0.1, -0.05) is 61.0 Å². The zero-order valence-corrected chi connectivity index (χ0v) is 10.1. The van der Waals surface area contributed by atoms with Gasteiger partial charge in [0.05, 0.1) is 0 Å². The van der Waals surface area contributed by atoms with Crippen molar-refractivity contribution < 1.29 is 0 Å². The van der Waals surface area contributed by atoms with Crippen LogP contribution in [0.15, 0.2) is 0 Å². The summed E-state index contributed by atoms with van der Waals surface area (Å²) in [5.74, 6) is 0. The Bertz CT molecular complexity index is 6.69. The normalized spacial score (nSPS) is 4.80. The molecule has 1 unspecified atom stereocenters. The molecule has 0 fully saturated rings. The van der Waals surface area contributed by atoms with E-state index in [4.69, 9.17) is 0 Å². The second-order valence-corrected chi connectivity index (χ2v) is 1.41. The molecule has 0 rings (SSSR count).